The van der Waals surface area contributed by atoms with Gasteiger partial charge in [-0.1, -0.05) is 20.8 Å². The lowest BCUT2D eigenvalue weighted by Gasteiger charge is -2.24. The third kappa shape index (κ3) is 7.13. The van der Waals surface area contributed by atoms with Crippen LogP contribution in [0.3, 0.4) is 0 Å². The molecule has 9 nitrogen and oxygen atoms in total. The fraction of sp³-hybridized carbons (Fsp3) is 0.526. The van der Waals surface area contributed by atoms with Crippen molar-refractivity contribution in [3.05, 3.63) is 28.7 Å². The van der Waals surface area contributed by atoms with E-state index in [2.05, 4.69) is 10.6 Å². The van der Waals surface area contributed by atoms with Crippen molar-refractivity contribution in [2.75, 3.05) is 12.0 Å². The first-order valence-electron chi connectivity index (χ1n) is 9.22. The largest absolute Gasteiger partial charge is 0.481 e. The van der Waals surface area contributed by atoms with Gasteiger partial charge in [0.15, 0.2) is 5.78 Å². The number of carboxylic acids is 1. The smallest absolute Gasteiger partial charge is 0.305 e. The van der Waals surface area contributed by atoms with E-state index in [0.29, 0.717) is 0 Å². The Hall–Kier alpha value is -3.04. The number of amides is 2. The molecule has 3 N–H and O–H groups in total. The second kappa shape index (κ2) is 11.1. The van der Waals surface area contributed by atoms with Gasteiger partial charge in [-0.3, -0.25) is 24.0 Å². The van der Waals surface area contributed by atoms with Gasteiger partial charge < -0.3 is 20.3 Å². The third-order valence-electron chi connectivity index (χ3n) is 4.12. The standard InChI is InChI=1S/C19H26FN3O6/c1-4-16(25)21-12-6-5-7-23(19(12)29)14(8-11(2)3)18(28)22-13(9-17(26)27)15(24)10-20/h5-7,11,13-14H,4,8-10H2,1-3H3,(H,21,25)(H,22,28)(H,26,27). The molecule has 0 aliphatic heterocycles. The van der Waals surface area contributed by atoms with Gasteiger partial charge in [0.25, 0.3) is 5.56 Å². The Morgan fingerprint density at radius 1 is 1.24 bits per heavy atom. The number of aliphatic carboxylic acids is 1. The highest BCUT2D eigenvalue weighted by Gasteiger charge is 2.29. The summed E-state index contributed by atoms with van der Waals surface area (Å²) in [5.41, 5.74) is -0.635. The van der Waals surface area contributed by atoms with E-state index >= 15 is 0 Å². The van der Waals surface area contributed by atoms with Crippen LogP contribution >= 0.6 is 0 Å². The molecule has 0 aliphatic carbocycles. The minimum Gasteiger partial charge on any atom is -0.481 e. The van der Waals surface area contributed by atoms with Gasteiger partial charge >= 0.3 is 5.97 Å². The molecule has 1 aromatic heterocycles. The fourth-order valence-electron chi connectivity index (χ4n) is 2.66. The SMILES string of the molecule is CCC(=O)Nc1cccn(C(CC(C)C)C(=O)NC(CC(=O)O)C(=O)CF)c1=O. The molecule has 0 spiro atoms. The van der Waals surface area contributed by atoms with Crippen molar-refractivity contribution in [2.45, 2.75) is 52.1 Å². The van der Waals surface area contributed by atoms with Gasteiger partial charge in [0, 0.05) is 12.6 Å². The maximum Gasteiger partial charge on any atom is 0.305 e. The number of hydrogen-bond donors (Lipinski definition) is 3. The van der Waals surface area contributed by atoms with Crippen molar-refractivity contribution in [3.63, 3.8) is 0 Å². The summed E-state index contributed by atoms with van der Waals surface area (Å²) < 4.78 is 13.9. The first-order chi connectivity index (χ1) is 13.6. The van der Waals surface area contributed by atoms with Crippen LogP contribution in [0.2, 0.25) is 0 Å². The Morgan fingerprint density at radius 3 is 2.41 bits per heavy atom. The molecule has 0 radical (unpaired) electrons. The monoisotopic (exact) mass is 411 g/mol. The van der Waals surface area contributed by atoms with Gasteiger partial charge in [0.1, 0.15) is 24.4 Å². The molecule has 1 rings (SSSR count). The van der Waals surface area contributed by atoms with E-state index in [-0.39, 0.29) is 30.4 Å². The molecule has 1 aromatic rings. The quantitative estimate of drug-likeness (QED) is 0.502. The Balaban J connectivity index is 3.26. The number of halogens is 1. The highest BCUT2D eigenvalue weighted by Crippen LogP contribution is 2.18. The van der Waals surface area contributed by atoms with Crippen LogP contribution in [0.4, 0.5) is 10.1 Å². The lowest BCUT2D eigenvalue weighted by molar-refractivity contribution is -0.140. The molecule has 2 unspecified atom stereocenters. The number of carbonyl (C=O) groups excluding carboxylic acids is 3. The number of carboxylic acid groups (broad SMARTS) is 1. The average molecular weight is 411 g/mol. The van der Waals surface area contributed by atoms with E-state index in [1.807, 2.05) is 13.8 Å². The van der Waals surface area contributed by atoms with Crippen LogP contribution in [-0.2, 0) is 19.2 Å². The van der Waals surface area contributed by atoms with Crippen LogP contribution < -0.4 is 16.2 Å². The van der Waals surface area contributed by atoms with Crippen molar-refractivity contribution in [1.29, 1.82) is 0 Å². The lowest BCUT2D eigenvalue weighted by Crippen LogP contribution is -2.47. The third-order valence-corrected chi connectivity index (χ3v) is 4.12. The van der Waals surface area contributed by atoms with Crippen molar-refractivity contribution >= 4 is 29.3 Å². The average Bonchev–Trinajstić information content (AvgIpc) is 2.66. The van der Waals surface area contributed by atoms with E-state index in [9.17, 15) is 28.4 Å². The Kier molecular flexibility index (Phi) is 9.17. The van der Waals surface area contributed by atoms with Gasteiger partial charge in [0.2, 0.25) is 11.8 Å². The molecule has 1 heterocycles. The number of carbonyl (C=O) groups is 4. The number of pyridine rings is 1. The number of aromatic nitrogens is 1. The van der Waals surface area contributed by atoms with Crippen LogP contribution in [0.25, 0.3) is 0 Å². The van der Waals surface area contributed by atoms with Crippen molar-refractivity contribution in [1.82, 2.24) is 9.88 Å². The number of hydrogen-bond acceptors (Lipinski definition) is 5. The number of nitrogens with zero attached hydrogens (tertiary/aromatic N) is 1. The van der Waals surface area contributed by atoms with E-state index in [1.165, 1.54) is 18.3 Å². The van der Waals surface area contributed by atoms with Crippen molar-refractivity contribution < 1.29 is 28.7 Å². The molecule has 0 saturated heterocycles. The molecule has 0 aliphatic rings. The zero-order chi connectivity index (χ0) is 22.1. The van der Waals surface area contributed by atoms with E-state index in [4.69, 9.17) is 5.11 Å². The van der Waals surface area contributed by atoms with E-state index < -0.39 is 48.4 Å². The molecule has 2 amide bonds. The minimum atomic E-state index is -1.54. The molecule has 2 atom stereocenters. The molecule has 0 fully saturated rings. The summed E-state index contributed by atoms with van der Waals surface area (Å²) >= 11 is 0. The molecular formula is C19H26FN3O6. The van der Waals surface area contributed by atoms with Crippen LogP contribution in [0.1, 0.15) is 46.1 Å². The Labute approximate surface area is 167 Å². The van der Waals surface area contributed by atoms with Gasteiger partial charge in [-0.25, -0.2) is 4.39 Å². The predicted octanol–water partition coefficient (Wildman–Crippen LogP) is 1.28. The molecule has 160 valence electrons. The topological polar surface area (TPSA) is 135 Å². The zero-order valence-corrected chi connectivity index (χ0v) is 16.6. The highest BCUT2D eigenvalue weighted by molar-refractivity contribution is 5.93. The van der Waals surface area contributed by atoms with Gasteiger partial charge in [-0.2, -0.15) is 0 Å². The zero-order valence-electron chi connectivity index (χ0n) is 16.6. The van der Waals surface area contributed by atoms with E-state index in [0.717, 1.165) is 4.57 Å². The van der Waals surface area contributed by atoms with E-state index in [1.54, 1.807) is 6.92 Å². The number of Topliss-reactive ketones (excluding diaryl/α,β-unsaturated/α-hetero) is 1. The number of ketones is 1. The molecule has 0 aromatic carbocycles. The van der Waals surface area contributed by atoms with Crippen LogP contribution in [-0.4, -0.2) is 46.0 Å². The summed E-state index contributed by atoms with van der Waals surface area (Å²) in [5.74, 6) is -3.65. The second-order valence-corrected chi connectivity index (χ2v) is 6.94. The van der Waals surface area contributed by atoms with Gasteiger partial charge in [-0.05, 0) is 24.5 Å². The lowest BCUT2D eigenvalue weighted by atomic mass is 10.0. The summed E-state index contributed by atoms with van der Waals surface area (Å²) in [7, 11) is 0. The van der Waals surface area contributed by atoms with Crippen molar-refractivity contribution in [3.8, 4) is 0 Å². The Morgan fingerprint density at radius 2 is 1.90 bits per heavy atom. The summed E-state index contributed by atoms with van der Waals surface area (Å²) in [6.07, 6.45) is 0.942. The van der Waals surface area contributed by atoms with Crippen LogP contribution in [0.5, 0.6) is 0 Å². The van der Waals surface area contributed by atoms with Crippen molar-refractivity contribution in [2.24, 2.45) is 5.92 Å². The Bertz CT molecular complexity index is 820. The van der Waals surface area contributed by atoms with Crippen LogP contribution in [0, 0.1) is 5.92 Å². The molecule has 0 saturated carbocycles. The highest BCUT2D eigenvalue weighted by atomic mass is 19.1. The molecule has 0 bridgehead atoms. The minimum absolute atomic E-state index is 0.0113. The predicted molar refractivity (Wildman–Crippen MR) is 103 cm³/mol. The summed E-state index contributed by atoms with van der Waals surface area (Å²) in [6.45, 7) is 3.83. The van der Waals surface area contributed by atoms with Gasteiger partial charge in [0.05, 0.1) is 6.42 Å². The molecular weight excluding hydrogens is 385 g/mol. The first kappa shape index (κ1) is 24.0. The molecule has 29 heavy (non-hydrogen) atoms. The number of alkyl halides is 1. The maximum absolute atomic E-state index is 12.8. The van der Waals surface area contributed by atoms with Gasteiger partial charge in [-0.15, -0.1) is 0 Å². The second-order valence-electron chi connectivity index (χ2n) is 6.94. The molecule has 10 heteroatoms. The first-order valence-corrected chi connectivity index (χ1v) is 9.22. The summed E-state index contributed by atoms with van der Waals surface area (Å²) in [4.78, 5) is 59.8. The normalized spacial score (nSPS) is 12.9. The van der Waals surface area contributed by atoms with Crippen LogP contribution in [0.15, 0.2) is 23.1 Å². The fourth-order valence-corrected chi connectivity index (χ4v) is 2.66. The maximum atomic E-state index is 12.8. The summed E-state index contributed by atoms with van der Waals surface area (Å²) in [5, 5.41) is 13.6. The number of anilines is 1. The summed E-state index contributed by atoms with van der Waals surface area (Å²) in [6, 6.07) is 0.258. The number of rotatable bonds is 11. The number of nitrogens with one attached hydrogen (secondary N) is 2.